The number of nitrogens with zero attached hydrogens (tertiary/aromatic N) is 2. The summed E-state index contributed by atoms with van der Waals surface area (Å²) in [6, 6.07) is 14.9. The van der Waals surface area contributed by atoms with E-state index in [1.165, 1.54) is 0 Å². The van der Waals surface area contributed by atoms with Crippen molar-refractivity contribution >= 4 is 11.4 Å². The molecule has 1 N–H and O–H groups in total. The van der Waals surface area contributed by atoms with Crippen molar-refractivity contribution in [2.45, 2.75) is 26.5 Å². The van der Waals surface area contributed by atoms with Crippen LogP contribution in [0.1, 0.15) is 29.9 Å². The van der Waals surface area contributed by atoms with Crippen molar-refractivity contribution in [3.8, 4) is 5.75 Å². The second-order valence-electron chi connectivity index (χ2n) is 5.58. The first kappa shape index (κ1) is 15.1. The summed E-state index contributed by atoms with van der Waals surface area (Å²) in [6.45, 7) is 4.33. The Hall–Kier alpha value is -2.82. The second kappa shape index (κ2) is 6.52. The number of ether oxygens (including phenoxy) is 1. The standard InChI is InChI=1S/C18H19N3O2/c1-13(2)23-17-8-6-14(7-9-17)18(22)19-12-15-11-16-5-3-4-10-21(16)20-15/h3-11,13H,12H2,1-2H3,(H,19,22). The Bertz CT molecular complexity index is 774. The topological polar surface area (TPSA) is 55.6 Å². The maximum absolute atomic E-state index is 12.2. The zero-order chi connectivity index (χ0) is 16.2. The number of amides is 1. The van der Waals surface area contributed by atoms with Gasteiger partial charge >= 0.3 is 0 Å². The van der Waals surface area contributed by atoms with Crippen LogP contribution in [0.3, 0.4) is 0 Å². The van der Waals surface area contributed by atoms with Crippen LogP contribution in [0, 0.1) is 0 Å². The van der Waals surface area contributed by atoms with Gasteiger partial charge < -0.3 is 10.1 Å². The highest BCUT2D eigenvalue weighted by Crippen LogP contribution is 2.14. The first-order chi connectivity index (χ1) is 11.1. The first-order valence-electron chi connectivity index (χ1n) is 7.60. The molecule has 3 rings (SSSR count). The molecule has 0 aliphatic heterocycles. The fraction of sp³-hybridized carbons (Fsp3) is 0.222. The minimum absolute atomic E-state index is 0.115. The van der Waals surface area contributed by atoms with Gasteiger partial charge in [-0.3, -0.25) is 4.79 Å². The lowest BCUT2D eigenvalue weighted by Gasteiger charge is -2.10. The van der Waals surface area contributed by atoms with Crippen molar-refractivity contribution in [3.63, 3.8) is 0 Å². The number of carbonyl (C=O) groups excluding carboxylic acids is 1. The molecule has 5 heteroatoms. The van der Waals surface area contributed by atoms with E-state index in [2.05, 4.69) is 10.4 Å². The molecule has 0 unspecified atom stereocenters. The lowest BCUT2D eigenvalue weighted by molar-refractivity contribution is 0.0950. The van der Waals surface area contributed by atoms with Crippen molar-refractivity contribution in [3.05, 3.63) is 66.0 Å². The van der Waals surface area contributed by atoms with E-state index in [1.807, 2.05) is 44.3 Å². The highest BCUT2D eigenvalue weighted by atomic mass is 16.5. The highest BCUT2D eigenvalue weighted by Gasteiger charge is 2.08. The van der Waals surface area contributed by atoms with Crippen LogP contribution in [0.25, 0.3) is 5.52 Å². The number of nitrogens with one attached hydrogen (secondary N) is 1. The first-order valence-corrected chi connectivity index (χ1v) is 7.60. The van der Waals surface area contributed by atoms with Gasteiger partial charge in [0.05, 0.1) is 23.9 Å². The summed E-state index contributed by atoms with van der Waals surface area (Å²) < 4.78 is 7.36. The molecule has 0 aliphatic carbocycles. The Balaban J connectivity index is 1.62. The third-order valence-corrected chi connectivity index (χ3v) is 3.34. The van der Waals surface area contributed by atoms with Crippen molar-refractivity contribution in [2.75, 3.05) is 0 Å². The van der Waals surface area contributed by atoms with E-state index in [9.17, 15) is 4.79 Å². The molecule has 118 valence electrons. The number of rotatable bonds is 5. The molecule has 3 aromatic rings. The van der Waals surface area contributed by atoms with Gasteiger partial charge in [0.1, 0.15) is 5.75 Å². The molecule has 0 spiro atoms. The van der Waals surface area contributed by atoms with Crippen LogP contribution in [0.4, 0.5) is 0 Å². The Kier molecular flexibility index (Phi) is 4.28. The number of fused-ring (bicyclic) bond motifs is 1. The Morgan fingerprint density at radius 2 is 2.00 bits per heavy atom. The van der Waals surface area contributed by atoms with E-state index in [0.717, 1.165) is 17.0 Å². The van der Waals surface area contributed by atoms with E-state index < -0.39 is 0 Å². The quantitative estimate of drug-likeness (QED) is 0.788. The predicted molar refractivity (Wildman–Crippen MR) is 88.6 cm³/mol. The van der Waals surface area contributed by atoms with Crippen molar-refractivity contribution in [1.82, 2.24) is 14.9 Å². The average molecular weight is 309 g/mol. The van der Waals surface area contributed by atoms with Gasteiger partial charge in [0.2, 0.25) is 0 Å². The zero-order valence-electron chi connectivity index (χ0n) is 13.2. The highest BCUT2D eigenvalue weighted by molar-refractivity contribution is 5.94. The number of hydrogen-bond acceptors (Lipinski definition) is 3. The minimum atomic E-state index is -0.127. The third kappa shape index (κ3) is 3.69. The largest absolute Gasteiger partial charge is 0.491 e. The minimum Gasteiger partial charge on any atom is -0.491 e. The van der Waals surface area contributed by atoms with Gasteiger partial charge in [-0.25, -0.2) is 4.52 Å². The molecule has 1 amide bonds. The molecule has 0 atom stereocenters. The van der Waals surface area contributed by atoms with Crippen LogP contribution in [0.5, 0.6) is 5.75 Å². The monoisotopic (exact) mass is 309 g/mol. The van der Waals surface area contributed by atoms with E-state index >= 15 is 0 Å². The molecule has 0 fully saturated rings. The number of aromatic nitrogens is 2. The van der Waals surface area contributed by atoms with Crippen LogP contribution >= 0.6 is 0 Å². The summed E-state index contributed by atoms with van der Waals surface area (Å²) in [5.41, 5.74) is 2.43. The summed E-state index contributed by atoms with van der Waals surface area (Å²) in [5.74, 6) is 0.634. The van der Waals surface area contributed by atoms with Crippen molar-refractivity contribution < 1.29 is 9.53 Å². The van der Waals surface area contributed by atoms with Gasteiger partial charge in [-0.05, 0) is 56.3 Å². The van der Waals surface area contributed by atoms with Crippen LogP contribution < -0.4 is 10.1 Å². The van der Waals surface area contributed by atoms with Gasteiger partial charge in [-0.2, -0.15) is 5.10 Å². The maximum Gasteiger partial charge on any atom is 0.251 e. The number of pyridine rings is 1. The maximum atomic E-state index is 12.2. The lowest BCUT2D eigenvalue weighted by atomic mass is 10.2. The summed E-state index contributed by atoms with van der Waals surface area (Å²) in [5, 5.41) is 7.29. The molecular weight excluding hydrogens is 290 g/mol. The summed E-state index contributed by atoms with van der Waals surface area (Å²) in [4.78, 5) is 12.2. The van der Waals surface area contributed by atoms with Gasteiger partial charge in [-0.15, -0.1) is 0 Å². The van der Waals surface area contributed by atoms with Crippen molar-refractivity contribution in [1.29, 1.82) is 0 Å². The number of benzene rings is 1. The number of hydrogen-bond donors (Lipinski definition) is 1. The molecule has 0 bridgehead atoms. The normalized spacial score (nSPS) is 10.9. The molecule has 0 aliphatic rings. The van der Waals surface area contributed by atoms with E-state index in [4.69, 9.17) is 4.74 Å². The third-order valence-electron chi connectivity index (χ3n) is 3.34. The molecule has 0 saturated carbocycles. The molecule has 1 aromatic carbocycles. The Morgan fingerprint density at radius 3 is 2.70 bits per heavy atom. The molecule has 2 heterocycles. The molecular formula is C18H19N3O2. The van der Waals surface area contributed by atoms with Gasteiger partial charge in [0.25, 0.3) is 5.91 Å². The average Bonchev–Trinajstić information content (AvgIpc) is 2.95. The smallest absolute Gasteiger partial charge is 0.251 e. The van der Waals surface area contributed by atoms with E-state index in [-0.39, 0.29) is 12.0 Å². The summed E-state index contributed by atoms with van der Waals surface area (Å²) >= 11 is 0. The fourth-order valence-electron chi connectivity index (χ4n) is 2.31. The second-order valence-corrected chi connectivity index (χ2v) is 5.58. The molecule has 5 nitrogen and oxygen atoms in total. The predicted octanol–water partition coefficient (Wildman–Crippen LogP) is 3.05. The van der Waals surface area contributed by atoms with Crippen LogP contribution in [0.15, 0.2) is 54.7 Å². The molecule has 2 aromatic heterocycles. The van der Waals surface area contributed by atoms with Crippen LogP contribution in [-0.2, 0) is 6.54 Å². The van der Waals surface area contributed by atoms with E-state index in [1.54, 1.807) is 28.8 Å². The van der Waals surface area contributed by atoms with Crippen molar-refractivity contribution in [2.24, 2.45) is 0 Å². The lowest BCUT2D eigenvalue weighted by Crippen LogP contribution is -2.23. The molecule has 0 saturated heterocycles. The Morgan fingerprint density at radius 1 is 1.22 bits per heavy atom. The van der Waals surface area contributed by atoms with Crippen LogP contribution in [0.2, 0.25) is 0 Å². The molecule has 0 radical (unpaired) electrons. The van der Waals surface area contributed by atoms with E-state index in [0.29, 0.717) is 12.1 Å². The summed E-state index contributed by atoms with van der Waals surface area (Å²) in [6.07, 6.45) is 2.00. The zero-order valence-corrected chi connectivity index (χ0v) is 13.2. The Labute approximate surface area is 134 Å². The number of carbonyl (C=O) groups is 1. The molecule has 23 heavy (non-hydrogen) atoms. The fourth-order valence-corrected chi connectivity index (χ4v) is 2.31. The van der Waals surface area contributed by atoms with Gasteiger partial charge in [-0.1, -0.05) is 6.07 Å². The van der Waals surface area contributed by atoms with Crippen LogP contribution in [-0.4, -0.2) is 21.6 Å². The van der Waals surface area contributed by atoms with Gasteiger partial charge in [0, 0.05) is 11.8 Å². The van der Waals surface area contributed by atoms with Gasteiger partial charge in [0.15, 0.2) is 0 Å². The SMILES string of the molecule is CC(C)Oc1ccc(C(=O)NCc2cc3ccccn3n2)cc1. The summed E-state index contributed by atoms with van der Waals surface area (Å²) in [7, 11) is 0.